The molecule has 0 radical (unpaired) electrons. The zero-order chi connectivity index (χ0) is 24.7. The number of fused-ring (bicyclic) bond motifs is 2. The lowest BCUT2D eigenvalue weighted by atomic mass is 9.77. The van der Waals surface area contributed by atoms with Crippen LogP contribution in [-0.2, 0) is 19.1 Å². The number of carbonyl (C=O) groups is 3. The minimum atomic E-state index is -1.35. The summed E-state index contributed by atoms with van der Waals surface area (Å²) in [5, 5.41) is 13.1. The van der Waals surface area contributed by atoms with Gasteiger partial charge in [0.25, 0.3) is 0 Å². The van der Waals surface area contributed by atoms with Crippen molar-refractivity contribution in [3.05, 3.63) is 48.0 Å². The minimum absolute atomic E-state index is 0.0836. The van der Waals surface area contributed by atoms with Gasteiger partial charge in [-0.15, -0.1) is 0 Å². The molecule has 2 N–H and O–H groups in total. The van der Waals surface area contributed by atoms with E-state index in [9.17, 15) is 19.5 Å². The Morgan fingerprint density at radius 3 is 2.49 bits per heavy atom. The number of amides is 2. The molecule has 0 aromatic heterocycles. The van der Waals surface area contributed by atoms with E-state index < -0.39 is 41.2 Å². The Bertz CT molecular complexity index is 1160. The summed E-state index contributed by atoms with van der Waals surface area (Å²) >= 11 is 0. The average Bonchev–Trinajstić information content (AvgIpc) is 3.34. The number of carbonyl (C=O) groups excluding carboxylic acids is 3. The van der Waals surface area contributed by atoms with Gasteiger partial charge in [0.2, 0.25) is 11.8 Å². The van der Waals surface area contributed by atoms with Crippen LogP contribution >= 0.6 is 0 Å². The van der Waals surface area contributed by atoms with Crippen LogP contribution in [0.3, 0.4) is 0 Å². The first-order valence-electron chi connectivity index (χ1n) is 11.9. The number of aromatic hydroxyl groups is 1. The van der Waals surface area contributed by atoms with Gasteiger partial charge >= 0.3 is 5.97 Å². The Hall–Kier alpha value is -3.59. The van der Waals surface area contributed by atoms with Gasteiger partial charge in [-0.1, -0.05) is 25.5 Å². The zero-order valence-corrected chi connectivity index (χ0v) is 19.7. The normalized spacial score (nSPS) is 27.1. The maximum Gasteiger partial charge on any atom is 0.327 e. The number of rotatable bonds is 6. The summed E-state index contributed by atoms with van der Waals surface area (Å²) < 4.78 is 16.7. The Balaban J connectivity index is 1.61. The summed E-state index contributed by atoms with van der Waals surface area (Å²) in [6.07, 6.45) is 0.929. The number of nitrogens with zero attached hydrogens (tertiary/aromatic N) is 1. The van der Waals surface area contributed by atoms with Gasteiger partial charge in [0.15, 0.2) is 11.5 Å². The molecule has 4 atom stereocenters. The first kappa shape index (κ1) is 23.2. The van der Waals surface area contributed by atoms with Crippen LogP contribution < -0.4 is 19.7 Å². The molecule has 0 saturated carbocycles. The van der Waals surface area contributed by atoms with Crippen molar-refractivity contribution in [2.45, 2.75) is 38.3 Å². The molecule has 5 rings (SSSR count). The number of ether oxygens (including phenoxy) is 3. The van der Waals surface area contributed by atoms with Crippen molar-refractivity contribution in [1.82, 2.24) is 5.32 Å². The number of imide groups is 1. The lowest BCUT2D eigenvalue weighted by Crippen LogP contribution is -2.56. The third-order valence-corrected chi connectivity index (χ3v) is 6.97. The zero-order valence-electron chi connectivity index (χ0n) is 19.7. The molecular weight excluding hydrogens is 452 g/mol. The summed E-state index contributed by atoms with van der Waals surface area (Å²) in [6.45, 7) is 4.59. The van der Waals surface area contributed by atoms with Crippen LogP contribution in [-0.4, -0.2) is 48.2 Å². The molecule has 35 heavy (non-hydrogen) atoms. The number of phenols is 1. The molecule has 2 fully saturated rings. The molecule has 0 bridgehead atoms. The van der Waals surface area contributed by atoms with Gasteiger partial charge in [-0.05, 0) is 43.2 Å². The number of anilines is 1. The highest BCUT2D eigenvalue weighted by atomic mass is 16.6. The number of esters is 1. The summed E-state index contributed by atoms with van der Waals surface area (Å²) in [7, 11) is 0. The molecule has 2 aromatic carbocycles. The van der Waals surface area contributed by atoms with E-state index in [0.29, 0.717) is 48.8 Å². The molecule has 3 heterocycles. The van der Waals surface area contributed by atoms with E-state index >= 15 is 0 Å². The van der Waals surface area contributed by atoms with Crippen molar-refractivity contribution in [1.29, 1.82) is 0 Å². The van der Waals surface area contributed by atoms with Gasteiger partial charge in [-0.2, -0.15) is 0 Å². The third-order valence-electron chi connectivity index (χ3n) is 6.97. The van der Waals surface area contributed by atoms with Gasteiger partial charge in [0.1, 0.15) is 24.5 Å². The first-order valence-corrected chi connectivity index (χ1v) is 11.9. The second-order valence-electron chi connectivity index (χ2n) is 9.00. The second-order valence-corrected chi connectivity index (χ2v) is 9.00. The molecule has 2 saturated heterocycles. The second kappa shape index (κ2) is 8.88. The van der Waals surface area contributed by atoms with Crippen LogP contribution in [0.1, 0.15) is 38.3 Å². The molecule has 0 spiro atoms. The van der Waals surface area contributed by atoms with Gasteiger partial charge < -0.3 is 19.3 Å². The van der Waals surface area contributed by atoms with Crippen molar-refractivity contribution in [3.63, 3.8) is 0 Å². The van der Waals surface area contributed by atoms with E-state index in [4.69, 9.17) is 14.2 Å². The van der Waals surface area contributed by atoms with Gasteiger partial charge in [0.05, 0.1) is 24.1 Å². The topological polar surface area (TPSA) is 114 Å². The van der Waals surface area contributed by atoms with E-state index in [1.54, 1.807) is 37.3 Å². The van der Waals surface area contributed by atoms with E-state index in [1.165, 1.54) is 12.1 Å². The van der Waals surface area contributed by atoms with Gasteiger partial charge in [0, 0.05) is 12.1 Å². The quantitative estimate of drug-likeness (QED) is 0.479. The van der Waals surface area contributed by atoms with Crippen LogP contribution in [0.2, 0.25) is 0 Å². The van der Waals surface area contributed by atoms with Crippen LogP contribution in [0, 0.1) is 11.8 Å². The molecule has 2 aromatic rings. The maximum atomic E-state index is 13.9. The van der Waals surface area contributed by atoms with Crippen molar-refractivity contribution in [2.24, 2.45) is 11.8 Å². The highest BCUT2D eigenvalue weighted by molar-refractivity contribution is 6.24. The van der Waals surface area contributed by atoms with E-state index in [-0.39, 0.29) is 12.4 Å². The Morgan fingerprint density at radius 1 is 1.09 bits per heavy atom. The summed E-state index contributed by atoms with van der Waals surface area (Å²) in [5.41, 5.74) is -0.282. The highest BCUT2D eigenvalue weighted by Crippen LogP contribution is 2.52. The van der Waals surface area contributed by atoms with Crippen LogP contribution in [0.15, 0.2) is 42.5 Å². The summed E-state index contributed by atoms with van der Waals surface area (Å²) in [4.78, 5) is 42.4. The molecule has 0 aliphatic carbocycles. The largest absolute Gasteiger partial charge is 0.508 e. The van der Waals surface area contributed by atoms with Crippen molar-refractivity contribution in [2.75, 3.05) is 24.7 Å². The monoisotopic (exact) mass is 480 g/mol. The number of hydrogen-bond acceptors (Lipinski definition) is 8. The van der Waals surface area contributed by atoms with Crippen molar-refractivity contribution >= 4 is 23.5 Å². The number of hydrogen-bond donors (Lipinski definition) is 2. The van der Waals surface area contributed by atoms with E-state index in [2.05, 4.69) is 5.32 Å². The molecule has 3 aliphatic heterocycles. The fourth-order valence-corrected chi connectivity index (χ4v) is 5.57. The van der Waals surface area contributed by atoms with Crippen LogP contribution in [0.4, 0.5) is 5.69 Å². The third kappa shape index (κ3) is 3.61. The maximum absolute atomic E-state index is 13.9. The van der Waals surface area contributed by atoms with E-state index in [1.807, 2.05) is 6.92 Å². The fraction of sp³-hybridized carbons (Fsp3) is 0.423. The molecule has 9 heteroatoms. The number of nitrogens with one attached hydrogen (secondary N) is 1. The predicted molar refractivity (Wildman–Crippen MR) is 125 cm³/mol. The van der Waals surface area contributed by atoms with E-state index in [0.717, 1.165) is 4.90 Å². The van der Waals surface area contributed by atoms with Crippen LogP contribution in [0.25, 0.3) is 0 Å². The molecule has 9 nitrogen and oxygen atoms in total. The molecule has 184 valence electrons. The molecule has 3 aliphatic rings. The Labute approximate surface area is 203 Å². The lowest BCUT2D eigenvalue weighted by molar-refractivity contribution is -0.155. The standard InChI is InChI=1S/C26H28N2O7/c1-3-11-26(25(32)33-4-2)21-20(22(27-26)15-5-8-17(29)9-6-15)23(30)28(24(21)31)16-7-10-18-19(14-16)35-13-12-34-18/h5-10,14,20-22,27,29H,3-4,11-13H2,1-2H3/t20-,21+,22-,26-/m0/s1. The minimum Gasteiger partial charge on any atom is -0.508 e. The van der Waals surface area contributed by atoms with Crippen molar-refractivity contribution < 1.29 is 33.7 Å². The smallest absolute Gasteiger partial charge is 0.327 e. The summed E-state index contributed by atoms with van der Waals surface area (Å²) in [6, 6.07) is 10.8. The van der Waals surface area contributed by atoms with Crippen LogP contribution in [0.5, 0.6) is 17.2 Å². The molecular formula is C26H28N2O7. The SMILES string of the molecule is CCC[C@]1(C(=O)OCC)N[C@@H](c2ccc(O)cc2)[C@H]2C(=O)N(c3ccc4c(c3)OCCO4)C(=O)[C@@H]21. The van der Waals surface area contributed by atoms with Crippen molar-refractivity contribution in [3.8, 4) is 17.2 Å². The Morgan fingerprint density at radius 2 is 1.80 bits per heavy atom. The molecule has 0 unspecified atom stereocenters. The first-order chi connectivity index (χ1) is 16.9. The highest BCUT2D eigenvalue weighted by Gasteiger charge is 2.68. The van der Waals surface area contributed by atoms with Gasteiger partial charge in [-0.25, -0.2) is 4.90 Å². The molecule has 2 amide bonds. The Kier molecular flexibility index (Phi) is 5.88. The number of phenolic OH excluding ortho intramolecular Hbond substituents is 1. The predicted octanol–water partition coefficient (Wildman–Crippen LogP) is 2.72. The number of benzene rings is 2. The average molecular weight is 481 g/mol. The summed E-state index contributed by atoms with van der Waals surface area (Å²) in [5.74, 6) is -2.06. The lowest BCUT2D eigenvalue weighted by Gasteiger charge is -2.32. The van der Waals surface area contributed by atoms with Gasteiger partial charge in [-0.3, -0.25) is 19.7 Å². The fourth-order valence-electron chi connectivity index (χ4n) is 5.57.